The van der Waals surface area contributed by atoms with Crippen molar-refractivity contribution in [2.45, 2.75) is 5.22 Å². The molecule has 1 aliphatic heterocycles. The Kier molecular flexibility index (Phi) is 5.52. The van der Waals surface area contributed by atoms with Gasteiger partial charge in [-0.2, -0.15) is 0 Å². The highest BCUT2D eigenvalue weighted by molar-refractivity contribution is 7.99. The number of nitrogens with zero attached hydrogens (tertiary/aromatic N) is 5. The summed E-state index contributed by atoms with van der Waals surface area (Å²) in [5.74, 6) is 1.18. The highest BCUT2D eigenvalue weighted by Crippen LogP contribution is 2.24. The highest BCUT2D eigenvalue weighted by atomic mass is 32.2. The summed E-state index contributed by atoms with van der Waals surface area (Å²) in [6.45, 7) is 2.81. The van der Waals surface area contributed by atoms with Gasteiger partial charge in [-0.1, -0.05) is 17.8 Å². The molecule has 2 aromatic heterocycles. The number of benzene rings is 1. The minimum atomic E-state index is -0.327. The molecule has 4 rings (SSSR count). The minimum Gasteiger partial charge on any atom is -0.411 e. The van der Waals surface area contributed by atoms with Crippen LogP contribution in [0.3, 0.4) is 0 Å². The van der Waals surface area contributed by atoms with Crippen LogP contribution in [0.5, 0.6) is 0 Å². The number of aromatic nitrogens is 3. The van der Waals surface area contributed by atoms with Gasteiger partial charge in [-0.15, -0.1) is 10.2 Å². The lowest BCUT2D eigenvalue weighted by Crippen LogP contribution is -2.49. The second-order valence-corrected chi connectivity index (χ2v) is 7.15. The van der Waals surface area contributed by atoms with E-state index in [-0.39, 0.29) is 17.5 Å². The first kappa shape index (κ1) is 18.4. The van der Waals surface area contributed by atoms with Gasteiger partial charge >= 0.3 is 0 Å². The van der Waals surface area contributed by atoms with Crippen LogP contribution in [-0.2, 0) is 4.79 Å². The first-order chi connectivity index (χ1) is 13.7. The molecule has 0 unspecified atom stereocenters. The van der Waals surface area contributed by atoms with Crippen molar-refractivity contribution >= 4 is 23.5 Å². The van der Waals surface area contributed by atoms with Gasteiger partial charge in [-0.05, 0) is 36.4 Å². The third kappa shape index (κ3) is 4.30. The van der Waals surface area contributed by atoms with Crippen molar-refractivity contribution in [3.8, 4) is 11.5 Å². The van der Waals surface area contributed by atoms with Crippen molar-refractivity contribution in [2.24, 2.45) is 0 Å². The van der Waals surface area contributed by atoms with E-state index in [0.29, 0.717) is 29.8 Å². The first-order valence-corrected chi connectivity index (χ1v) is 9.83. The molecule has 1 fully saturated rings. The number of hydrogen-bond acceptors (Lipinski definition) is 7. The summed E-state index contributed by atoms with van der Waals surface area (Å²) in [7, 11) is 0. The maximum atomic E-state index is 13.0. The smallest absolute Gasteiger partial charge is 0.277 e. The zero-order valence-corrected chi connectivity index (χ0v) is 15.8. The molecule has 0 spiro atoms. The number of anilines is 1. The third-order valence-corrected chi connectivity index (χ3v) is 5.23. The van der Waals surface area contributed by atoms with Crippen LogP contribution < -0.4 is 4.90 Å². The molecule has 0 atom stereocenters. The predicted molar refractivity (Wildman–Crippen MR) is 103 cm³/mol. The molecular formula is C19H18FN5O2S. The van der Waals surface area contributed by atoms with E-state index in [1.54, 1.807) is 18.3 Å². The number of carbonyl (C=O) groups is 1. The molecule has 0 aliphatic carbocycles. The molecule has 0 N–H and O–H groups in total. The molecule has 0 radical (unpaired) electrons. The largest absolute Gasteiger partial charge is 0.411 e. The van der Waals surface area contributed by atoms with Crippen molar-refractivity contribution in [2.75, 3.05) is 36.8 Å². The standard InChI is InChI=1S/C19H18FN5O2S/c20-15-6-4-14(5-7-15)18-22-23-19(27-18)28-13-17(26)25-11-9-24(10-12-25)16-3-1-2-8-21-16/h1-8H,9-13H2. The number of rotatable bonds is 5. The lowest BCUT2D eigenvalue weighted by Gasteiger charge is -2.35. The van der Waals surface area contributed by atoms with E-state index in [0.717, 1.165) is 18.9 Å². The van der Waals surface area contributed by atoms with Gasteiger partial charge in [0.15, 0.2) is 0 Å². The van der Waals surface area contributed by atoms with E-state index in [9.17, 15) is 9.18 Å². The summed E-state index contributed by atoms with van der Waals surface area (Å²) in [6, 6.07) is 11.6. The zero-order valence-electron chi connectivity index (χ0n) is 15.0. The Bertz CT molecular complexity index is 927. The number of carbonyl (C=O) groups excluding carboxylic acids is 1. The fourth-order valence-electron chi connectivity index (χ4n) is 2.92. The van der Waals surface area contributed by atoms with Crippen molar-refractivity contribution in [3.63, 3.8) is 0 Å². The quantitative estimate of drug-likeness (QED) is 0.611. The molecule has 3 heterocycles. The summed E-state index contributed by atoms with van der Waals surface area (Å²) >= 11 is 1.21. The summed E-state index contributed by atoms with van der Waals surface area (Å²) in [5, 5.41) is 8.22. The molecule has 7 nitrogen and oxygen atoms in total. The molecule has 28 heavy (non-hydrogen) atoms. The monoisotopic (exact) mass is 399 g/mol. The molecule has 0 saturated carbocycles. The summed E-state index contributed by atoms with van der Waals surface area (Å²) < 4.78 is 18.5. The third-order valence-electron chi connectivity index (χ3n) is 4.42. The maximum absolute atomic E-state index is 13.0. The zero-order chi connectivity index (χ0) is 19.3. The first-order valence-electron chi connectivity index (χ1n) is 8.85. The van der Waals surface area contributed by atoms with Gasteiger partial charge in [0.25, 0.3) is 5.22 Å². The molecule has 1 aliphatic rings. The Labute approximate surface area is 165 Å². The van der Waals surface area contributed by atoms with Crippen LogP contribution in [0, 0.1) is 5.82 Å². The van der Waals surface area contributed by atoms with Crippen LogP contribution in [0.25, 0.3) is 11.5 Å². The highest BCUT2D eigenvalue weighted by Gasteiger charge is 2.22. The molecule has 9 heteroatoms. The molecular weight excluding hydrogens is 381 g/mol. The summed E-state index contributed by atoms with van der Waals surface area (Å²) in [5.41, 5.74) is 0.637. The normalized spacial score (nSPS) is 14.3. The van der Waals surface area contributed by atoms with Crippen LogP contribution in [-0.4, -0.2) is 57.9 Å². The molecule has 144 valence electrons. The number of thioether (sulfide) groups is 1. The fraction of sp³-hybridized carbons (Fsp3) is 0.263. The average Bonchev–Trinajstić information content (AvgIpc) is 3.22. The second kappa shape index (κ2) is 8.39. The molecule has 1 amide bonds. The molecule has 1 aromatic carbocycles. The van der Waals surface area contributed by atoms with E-state index in [2.05, 4.69) is 20.1 Å². The Balaban J connectivity index is 1.28. The maximum Gasteiger partial charge on any atom is 0.277 e. The van der Waals surface area contributed by atoms with Gasteiger partial charge in [0.05, 0.1) is 5.75 Å². The Morgan fingerprint density at radius 3 is 2.57 bits per heavy atom. The predicted octanol–water partition coefficient (Wildman–Crippen LogP) is 2.71. The molecule has 0 bridgehead atoms. The van der Waals surface area contributed by atoms with Crippen molar-refractivity contribution in [1.29, 1.82) is 0 Å². The van der Waals surface area contributed by atoms with Crippen LogP contribution in [0.15, 0.2) is 58.3 Å². The second-order valence-electron chi connectivity index (χ2n) is 6.22. The van der Waals surface area contributed by atoms with Gasteiger partial charge in [0.1, 0.15) is 11.6 Å². The number of hydrogen-bond donors (Lipinski definition) is 0. The van der Waals surface area contributed by atoms with Gasteiger partial charge in [-0.25, -0.2) is 9.37 Å². The van der Waals surface area contributed by atoms with Gasteiger partial charge in [0.2, 0.25) is 11.8 Å². The lowest BCUT2D eigenvalue weighted by molar-refractivity contribution is -0.128. The van der Waals surface area contributed by atoms with Crippen LogP contribution in [0.2, 0.25) is 0 Å². The topological polar surface area (TPSA) is 75.4 Å². The fourth-order valence-corrected chi connectivity index (χ4v) is 3.58. The summed E-state index contributed by atoms with van der Waals surface area (Å²) in [6.07, 6.45) is 1.77. The van der Waals surface area contributed by atoms with Gasteiger partial charge in [0, 0.05) is 37.9 Å². The van der Waals surface area contributed by atoms with Gasteiger partial charge < -0.3 is 14.2 Å². The van der Waals surface area contributed by atoms with E-state index in [1.165, 1.54) is 23.9 Å². The SMILES string of the molecule is O=C(CSc1nnc(-c2ccc(F)cc2)o1)N1CCN(c2ccccn2)CC1. The van der Waals surface area contributed by atoms with Crippen molar-refractivity contribution < 1.29 is 13.6 Å². The van der Waals surface area contributed by atoms with E-state index < -0.39 is 0 Å². The van der Waals surface area contributed by atoms with E-state index >= 15 is 0 Å². The number of halogens is 1. The molecule has 1 saturated heterocycles. The number of amides is 1. The van der Waals surface area contributed by atoms with Crippen LogP contribution in [0.4, 0.5) is 10.2 Å². The lowest BCUT2D eigenvalue weighted by atomic mass is 10.2. The Morgan fingerprint density at radius 1 is 1.07 bits per heavy atom. The van der Waals surface area contributed by atoms with Gasteiger partial charge in [-0.3, -0.25) is 4.79 Å². The Hall–Kier alpha value is -2.94. The van der Waals surface area contributed by atoms with Crippen molar-refractivity contribution in [1.82, 2.24) is 20.1 Å². The number of pyridine rings is 1. The Morgan fingerprint density at radius 2 is 1.86 bits per heavy atom. The minimum absolute atomic E-state index is 0.0344. The average molecular weight is 399 g/mol. The number of piperazine rings is 1. The summed E-state index contributed by atoms with van der Waals surface area (Å²) in [4.78, 5) is 20.8. The molecule has 3 aromatic rings. The van der Waals surface area contributed by atoms with Crippen molar-refractivity contribution in [3.05, 3.63) is 54.5 Å². The van der Waals surface area contributed by atoms with Crippen LogP contribution in [0.1, 0.15) is 0 Å². The van der Waals surface area contributed by atoms with Crippen LogP contribution >= 0.6 is 11.8 Å². The van der Waals surface area contributed by atoms with E-state index in [1.807, 2.05) is 23.1 Å². The van der Waals surface area contributed by atoms with E-state index in [4.69, 9.17) is 4.42 Å².